The Kier molecular flexibility index (Phi) is 6.08. The van der Waals surface area contributed by atoms with E-state index in [-0.39, 0.29) is 11.3 Å². The fourth-order valence-corrected chi connectivity index (χ4v) is 2.20. The van der Waals surface area contributed by atoms with Gasteiger partial charge in [0.05, 0.1) is 19.8 Å². The van der Waals surface area contributed by atoms with Crippen LogP contribution in [0.2, 0.25) is 0 Å². The maximum absolute atomic E-state index is 12.8. The average molecular weight is 376 g/mol. The average Bonchev–Trinajstić information content (AvgIpc) is 2.65. The van der Waals surface area contributed by atoms with Crippen LogP contribution >= 0.6 is 0 Å². The van der Waals surface area contributed by atoms with Crippen molar-refractivity contribution in [2.75, 3.05) is 19.5 Å². The van der Waals surface area contributed by atoms with Crippen LogP contribution in [0.15, 0.2) is 48.0 Å². The number of halogens is 3. The Morgan fingerprint density at radius 1 is 1.11 bits per heavy atom. The molecule has 140 valence electrons. The van der Waals surface area contributed by atoms with Gasteiger partial charge in [0, 0.05) is 11.8 Å². The molecule has 0 spiro atoms. The number of rotatable bonds is 5. The van der Waals surface area contributed by atoms with E-state index in [1.165, 1.54) is 32.4 Å². The van der Waals surface area contributed by atoms with Gasteiger partial charge in [-0.25, -0.2) is 0 Å². The molecule has 2 aromatic carbocycles. The highest BCUT2D eigenvalue weighted by Gasteiger charge is 2.30. The molecule has 27 heavy (non-hydrogen) atoms. The topological polar surface area (TPSA) is 71.3 Å². The first-order valence-corrected chi connectivity index (χ1v) is 7.60. The van der Waals surface area contributed by atoms with E-state index in [4.69, 9.17) is 9.47 Å². The summed E-state index contributed by atoms with van der Waals surface area (Å²) in [6.45, 7) is 0. The lowest BCUT2D eigenvalue weighted by Crippen LogP contribution is -2.14. The number of hydrogen-bond acceptors (Lipinski definition) is 4. The minimum atomic E-state index is -4.54. The van der Waals surface area contributed by atoms with Crippen molar-refractivity contribution in [1.82, 2.24) is 0 Å². The number of ether oxygens (including phenoxy) is 2. The van der Waals surface area contributed by atoms with Gasteiger partial charge in [0.25, 0.3) is 5.91 Å². The van der Waals surface area contributed by atoms with Crippen LogP contribution in [0.25, 0.3) is 6.08 Å². The minimum Gasteiger partial charge on any atom is -0.497 e. The van der Waals surface area contributed by atoms with Gasteiger partial charge in [-0.3, -0.25) is 4.79 Å². The van der Waals surface area contributed by atoms with Gasteiger partial charge in [-0.2, -0.15) is 18.4 Å². The third kappa shape index (κ3) is 5.25. The number of nitrogens with zero attached hydrogens (tertiary/aromatic N) is 1. The molecule has 0 aromatic heterocycles. The number of methoxy groups -OCH3 is 2. The molecule has 0 unspecified atom stereocenters. The molecular formula is C19H15F3N2O3. The van der Waals surface area contributed by atoms with E-state index in [1.54, 1.807) is 24.3 Å². The summed E-state index contributed by atoms with van der Waals surface area (Å²) in [5.41, 5.74) is -0.802. The van der Waals surface area contributed by atoms with Crippen molar-refractivity contribution >= 4 is 17.7 Å². The smallest absolute Gasteiger partial charge is 0.416 e. The van der Waals surface area contributed by atoms with E-state index in [1.807, 2.05) is 0 Å². The molecule has 0 saturated carbocycles. The van der Waals surface area contributed by atoms with Crippen molar-refractivity contribution in [2.45, 2.75) is 6.18 Å². The van der Waals surface area contributed by atoms with Gasteiger partial charge < -0.3 is 14.8 Å². The predicted molar refractivity (Wildman–Crippen MR) is 93.2 cm³/mol. The summed E-state index contributed by atoms with van der Waals surface area (Å²) in [6, 6.07) is 10.7. The molecule has 0 radical (unpaired) electrons. The summed E-state index contributed by atoms with van der Waals surface area (Å²) in [4.78, 5) is 12.3. The molecule has 2 rings (SSSR count). The van der Waals surface area contributed by atoms with Gasteiger partial charge in [-0.15, -0.1) is 0 Å². The van der Waals surface area contributed by atoms with Gasteiger partial charge in [-0.05, 0) is 42.0 Å². The summed E-state index contributed by atoms with van der Waals surface area (Å²) >= 11 is 0. The van der Waals surface area contributed by atoms with Crippen molar-refractivity contribution in [3.05, 3.63) is 59.2 Å². The maximum Gasteiger partial charge on any atom is 0.416 e. The Balaban J connectivity index is 2.29. The Morgan fingerprint density at radius 3 is 2.26 bits per heavy atom. The fourth-order valence-electron chi connectivity index (χ4n) is 2.20. The first kappa shape index (κ1) is 19.8. The Morgan fingerprint density at radius 2 is 1.74 bits per heavy atom. The predicted octanol–water partition coefficient (Wildman–Crippen LogP) is 4.27. The van der Waals surface area contributed by atoms with Gasteiger partial charge in [0.2, 0.25) is 0 Å². The van der Waals surface area contributed by atoms with Crippen molar-refractivity contribution in [3.8, 4) is 17.6 Å². The summed E-state index contributed by atoms with van der Waals surface area (Å²) in [7, 11) is 2.90. The lowest BCUT2D eigenvalue weighted by Gasteiger charge is -2.10. The molecule has 0 aliphatic heterocycles. The highest BCUT2D eigenvalue weighted by atomic mass is 19.4. The zero-order valence-corrected chi connectivity index (χ0v) is 14.4. The number of amides is 1. The molecule has 0 aliphatic rings. The molecule has 0 heterocycles. The summed E-state index contributed by atoms with van der Waals surface area (Å²) in [5, 5.41) is 11.5. The zero-order chi connectivity index (χ0) is 20.0. The van der Waals surface area contributed by atoms with Crippen molar-refractivity contribution in [2.24, 2.45) is 0 Å². The van der Waals surface area contributed by atoms with Crippen LogP contribution in [-0.4, -0.2) is 20.1 Å². The largest absolute Gasteiger partial charge is 0.497 e. The highest BCUT2D eigenvalue weighted by Crippen LogP contribution is 2.31. The van der Waals surface area contributed by atoms with E-state index in [2.05, 4.69) is 5.32 Å². The van der Waals surface area contributed by atoms with Crippen molar-refractivity contribution in [1.29, 1.82) is 5.26 Å². The molecule has 1 N–H and O–H groups in total. The van der Waals surface area contributed by atoms with Crippen molar-refractivity contribution < 1.29 is 27.4 Å². The number of hydrogen-bond donors (Lipinski definition) is 1. The second-order valence-electron chi connectivity index (χ2n) is 5.35. The Hall–Kier alpha value is -3.47. The van der Waals surface area contributed by atoms with Crippen LogP contribution in [0.4, 0.5) is 18.9 Å². The second kappa shape index (κ2) is 8.27. The number of carbonyl (C=O) groups is 1. The molecule has 0 fully saturated rings. The molecule has 5 nitrogen and oxygen atoms in total. The first-order chi connectivity index (χ1) is 12.8. The molecule has 1 amide bonds. The van der Waals surface area contributed by atoms with Gasteiger partial charge >= 0.3 is 6.18 Å². The van der Waals surface area contributed by atoms with Crippen LogP contribution in [0.3, 0.4) is 0 Å². The SMILES string of the molecule is COc1cc(/C=C(\C#N)C(=O)Nc2cccc(C(F)(F)F)c2)cc(OC)c1. The molecule has 0 saturated heterocycles. The van der Waals surface area contributed by atoms with E-state index >= 15 is 0 Å². The van der Waals surface area contributed by atoms with Crippen LogP contribution in [0.1, 0.15) is 11.1 Å². The molecular weight excluding hydrogens is 361 g/mol. The third-order valence-electron chi connectivity index (χ3n) is 3.50. The summed E-state index contributed by atoms with van der Waals surface area (Å²) in [6.07, 6.45) is -3.25. The van der Waals surface area contributed by atoms with Crippen LogP contribution < -0.4 is 14.8 Å². The van der Waals surface area contributed by atoms with Crippen LogP contribution in [0, 0.1) is 11.3 Å². The van der Waals surface area contributed by atoms with Gasteiger partial charge in [0.15, 0.2) is 0 Å². The zero-order valence-electron chi connectivity index (χ0n) is 14.4. The quantitative estimate of drug-likeness (QED) is 0.625. The normalized spacial score (nSPS) is 11.5. The number of benzene rings is 2. The number of nitrogens with one attached hydrogen (secondary N) is 1. The standard InChI is InChI=1S/C19H15F3N2O3/c1-26-16-7-12(8-17(10-16)27-2)6-13(11-23)18(25)24-15-5-3-4-14(9-15)19(20,21)22/h3-10H,1-2H3,(H,24,25)/b13-6+. The monoisotopic (exact) mass is 376 g/mol. The van der Waals surface area contributed by atoms with E-state index in [9.17, 15) is 23.2 Å². The Bertz CT molecular complexity index is 893. The van der Waals surface area contributed by atoms with Crippen LogP contribution in [0.5, 0.6) is 11.5 Å². The highest BCUT2D eigenvalue weighted by molar-refractivity contribution is 6.09. The fraction of sp³-hybridized carbons (Fsp3) is 0.158. The van der Waals surface area contributed by atoms with Gasteiger partial charge in [0.1, 0.15) is 23.1 Å². The molecule has 0 aliphatic carbocycles. The van der Waals surface area contributed by atoms with E-state index in [0.29, 0.717) is 17.1 Å². The second-order valence-corrected chi connectivity index (χ2v) is 5.35. The first-order valence-electron chi connectivity index (χ1n) is 7.60. The number of alkyl halides is 3. The number of nitriles is 1. The molecule has 8 heteroatoms. The number of anilines is 1. The molecule has 2 aromatic rings. The Labute approximate surface area is 153 Å². The molecule has 0 atom stereocenters. The minimum absolute atomic E-state index is 0.0702. The maximum atomic E-state index is 12.8. The van der Waals surface area contributed by atoms with Crippen molar-refractivity contribution in [3.63, 3.8) is 0 Å². The van der Waals surface area contributed by atoms with Crippen LogP contribution in [-0.2, 0) is 11.0 Å². The third-order valence-corrected chi connectivity index (χ3v) is 3.50. The van der Waals surface area contributed by atoms with E-state index < -0.39 is 17.6 Å². The summed E-state index contributed by atoms with van der Waals surface area (Å²) < 4.78 is 48.5. The number of carbonyl (C=O) groups excluding carboxylic acids is 1. The lowest BCUT2D eigenvalue weighted by molar-refractivity contribution is -0.137. The van der Waals surface area contributed by atoms with E-state index in [0.717, 1.165) is 12.1 Å². The summed E-state index contributed by atoms with van der Waals surface area (Å²) in [5.74, 6) is 0.0750. The lowest BCUT2D eigenvalue weighted by atomic mass is 10.1. The van der Waals surface area contributed by atoms with Gasteiger partial charge in [-0.1, -0.05) is 6.07 Å². The molecule has 0 bridgehead atoms.